The zero-order valence-corrected chi connectivity index (χ0v) is 16.0. The van der Waals surface area contributed by atoms with E-state index in [0.29, 0.717) is 41.7 Å². The Bertz CT molecular complexity index is 997. The Morgan fingerprint density at radius 1 is 1.11 bits per heavy atom. The predicted molar refractivity (Wildman–Crippen MR) is 104 cm³/mol. The molecule has 1 saturated heterocycles. The molecule has 7 nitrogen and oxygen atoms in total. The van der Waals surface area contributed by atoms with Crippen molar-refractivity contribution < 1.29 is 18.8 Å². The van der Waals surface area contributed by atoms with Crippen LogP contribution in [-0.2, 0) is 4.79 Å². The van der Waals surface area contributed by atoms with Crippen molar-refractivity contribution in [3.05, 3.63) is 53.9 Å². The molecule has 0 bridgehead atoms. The number of anilines is 1. The van der Waals surface area contributed by atoms with Crippen molar-refractivity contribution in [3.8, 4) is 23.0 Å². The van der Waals surface area contributed by atoms with Crippen LogP contribution in [0.3, 0.4) is 0 Å². The van der Waals surface area contributed by atoms with Crippen LogP contribution in [0.15, 0.2) is 47.0 Å². The molecule has 2 aromatic carbocycles. The van der Waals surface area contributed by atoms with E-state index in [1.165, 1.54) is 0 Å². The van der Waals surface area contributed by atoms with Gasteiger partial charge in [0, 0.05) is 24.6 Å². The summed E-state index contributed by atoms with van der Waals surface area (Å²) >= 11 is 0. The monoisotopic (exact) mass is 379 g/mol. The molecule has 144 valence electrons. The second kappa shape index (κ2) is 7.34. The van der Waals surface area contributed by atoms with Gasteiger partial charge in [-0.25, -0.2) is 0 Å². The van der Waals surface area contributed by atoms with Crippen molar-refractivity contribution in [3.63, 3.8) is 0 Å². The zero-order valence-electron chi connectivity index (χ0n) is 16.0. The number of ether oxygens (including phenoxy) is 2. The van der Waals surface area contributed by atoms with Gasteiger partial charge in [0.25, 0.3) is 5.89 Å². The molecular formula is C21H21N3O4. The van der Waals surface area contributed by atoms with Gasteiger partial charge in [-0.3, -0.25) is 4.79 Å². The Labute approximate surface area is 162 Å². The molecule has 0 N–H and O–H groups in total. The molecule has 1 fully saturated rings. The predicted octanol–water partition coefficient (Wildman–Crippen LogP) is 3.58. The summed E-state index contributed by atoms with van der Waals surface area (Å²) in [6.45, 7) is 2.54. The van der Waals surface area contributed by atoms with Gasteiger partial charge in [0.05, 0.1) is 19.8 Å². The molecule has 7 heteroatoms. The van der Waals surface area contributed by atoms with Crippen molar-refractivity contribution in [2.75, 3.05) is 25.7 Å². The van der Waals surface area contributed by atoms with Crippen LogP contribution in [0.5, 0.6) is 11.5 Å². The fraction of sp³-hybridized carbons (Fsp3) is 0.286. The SMILES string of the molecule is COc1cccc(-c2nc([C@H]3CC(=O)N(c4ccc(C)cc4)C3)no2)c1OC. The Morgan fingerprint density at radius 2 is 1.89 bits per heavy atom. The lowest BCUT2D eigenvalue weighted by atomic mass is 10.1. The first-order chi connectivity index (χ1) is 13.6. The summed E-state index contributed by atoms with van der Waals surface area (Å²) in [4.78, 5) is 18.8. The van der Waals surface area contributed by atoms with Gasteiger partial charge in [-0.2, -0.15) is 4.98 Å². The van der Waals surface area contributed by atoms with E-state index in [2.05, 4.69) is 10.1 Å². The van der Waals surface area contributed by atoms with Crippen molar-refractivity contribution >= 4 is 11.6 Å². The van der Waals surface area contributed by atoms with Crippen molar-refractivity contribution in [1.29, 1.82) is 0 Å². The third-order valence-corrected chi connectivity index (χ3v) is 4.91. The summed E-state index contributed by atoms with van der Waals surface area (Å²) in [5, 5.41) is 4.12. The van der Waals surface area contributed by atoms with Crippen molar-refractivity contribution in [1.82, 2.24) is 10.1 Å². The Morgan fingerprint density at radius 3 is 2.61 bits per heavy atom. The number of carbonyl (C=O) groups is 1. The van der Waals surface area contributed by atoms with Crippen LogP contribution in [0.4, 0.5) is 5.69 Å². The van der Waals surface area contributed by atoms with Crippen LogP contribution in [0.25, 0.3) is 11.5 Å². The fourth-order valence-corrected chi connectivity index (χ4v) is 3.42. The Hall–Kier alpha value is -3.35. The maximum atomic E-state index is 12.5. The van der Waals surface area contributed by atoms with E-state index in [-0.39, 0.29) is 11.8 Å². The van der Waals surface area contributed by atoms with Gasteiger partial charge in [-0.05, 0) is 31.2 Å². The minimum atomic E-state index is -0.122. The number of benzene rings is 2. The molecule has 2 heterocycles. The summed E-state index contributed by atoms with van der Waals surface area (Å²) in [6, 6.07) is 13.4. The van der Waals surface area contributed by atoms with Crippen LogP contribution in [-0.4, -0.2) is 36.8 Å². The number of aryl methyl sites for hydroxylation is 1. The smallest absolute Gasteiger partial charge is 0.261 e. The molecule has 0 aliphatic carbocycles. The van der Waals surface area contributed by atoms with Crippen LogP contribution in [0.2, 0.25) is 0 Å². The third-order valence-electron chi connectivity index (χ3n) is 4.91. The standard InChI is InChI=1S/C21H21N3O4/c1-13-7-9-15(10-8-13)24-12-14(11-18(24)25)20-22-21(28-23-20)16-5-4-6-17(26-2)19(16)27-3/h4-10,14H,11-12H2,1-3H3/t14-/m0/s1. The molecule has 1 aliphatic rings. The average molecular weight is 379 g/mol. The minimum Gasteiger partial charge on any atom is -0.493 e. The summed E-state index contributed by atoms with van der Waals surface area (Å²) in [5.74, 6) is 1.90. The maximum Gasteiger partial charge on any atom is 0.261 e. The maximum absolute atomic E-state index is 12.5. The minimum absolute atomic E-state index is 0.0548. The normalized spacial score (nSPS) is 16.5. The number of para-hydroxylation sites is 1. The number of hydrogen-bond acceptors (Lipinski definition) is 6. The fourth-order valence-electron chi connectivity index (χ4n) is 3.42. The van der Waals surface area contributed by atoms with E-state index in [9.17, 15) is 4.79 Å². The zero-order chi connectivity index (χ0) is 19.7. The molecule has 1 aromatic heterocycles. The van der Waals surface area contributed by atoms with Gasteiger partial charge in [0.2, 0.25) is 5.91 Å². The van der Waals surface area contributed by atoms with E-state index >= 15 is 0 Å². The van der Waals surface area contributed by atoms with E-state index in [1.807, 2.05) is 43.3 Å². The molecule has 4 rings (SSSR count). The van der Waals surface area contributed by atoms with E-state index < -0.39 is 0 Å². The highest BCUT2D eigenvalue weighted by Crippen LogP contribution is 2.38. The van der Waals surface area contributed by atoms with E-state index in [1.54, 1.807) is 25.2 Å². The lowest BCUT2D eigenvalue weighted by molar-refractivity contribution is -0.117. The molecule has 1 aliphatic heterocycles. The number of hydrogen-bond donors (Lipinski definition) is 0. The summed E-state index contributed by atoms with van der Waals surface area (Å²) in [5.41, 5.74) is 2.69. The largest absolute Gasteiger partial charge is 0.493 e. The number of carbonyl (C=O) groups excluding carboxylic acids is 1. The molecule has 0 unspecified atom stereocenters. The van der Waals surface area contributed by atoms with Crippen molar-refractivity contribution in [2.24, 2.45) is 0 Å². The Kier molecular flexibility index (Phi) is 4.73. The second-order valence-electron chi connectivity index (χ2n) is 6.74. The van der Waals surface area contributed by atoms with Crippen LogP contribution < -0.4 is 14.4 Å². The van der Waals surface area contributed by atoms with Gasteiger partial charge in [0.1, 0.15) is 0 Å². The second-order valence-corrected chi connectivity index (χ2v) is 6.74. The molecule has 0 saturated carbocycles. The topological polar surface area (TPSA) is 77.7 Å². The highest BCUT2D eigenvalue weighted by molar-refractivity contribution is 5.96. The van der Waals surface area contributed by atoms with Gasteiger partial charge in [-0.15, -0.1) is 0 Å². The number of amides is 1. The highest BCUT2D eigenvalue weighted by atomic mass is 16.5. The molecule has 0 radical (unpaired) electrons. The third kappa shape index (κ3) is 3.19. The molecule has 3 aromatic rings. The first-order valence-electron chi connectivity index (χ1n) is 9.02. The first kappa shape index (κ1) is 18.0. The van der Waals surface area contributed by atoms with E-state index in [0.717, 1.165) is 11.3 Å². The van der Waals surface area contributed by atoms with Crippen LogP contribution >= 0.6 is 0 Å². The van der Waals surface area contributed by atoms with E-state index in [4.69, 9.17) is 14.0 Å². The molecule has 1 atom stereocenters. The summed E-state index contributed by atoms with van der Waals surface area (Å²) < 4.78 is 16.2. The van der Waals surface area contributed by atoms with Gasteiger partial charge in [0.15, 0.2) is 17.3 Å². The highest BCUT2D eigenvalue weighted by Gasteiger charge is 2.35. The first-order valence-corrected chi connectivity index (χ1v) is 9.02. The van der Waals surface area contributed by atoms with Crippen LogP contribution in [0.1, 0.15) is 23.7 Å². The molecule has 0 spiro atoms. The molecule has 1 amide bonds. The summed E-state index contributed by atoms with van der Waals surface area (Å²) in [6.07, 6.45) is 0.349. The molecule has 28 heavy (non-hydrogen) atoms. The lowest BCUT2D eigenvalue weighted by Crippen LogP contribution is -2.24. The average Bonchev–Trinajstić information content (AvgIpc) is 3.35. The van der Waals surface area contributed by atoms with Gasteiger partial charge in [-0.1, -0.05) is 28.9 Å². The van der Waals surface area contributed by atoms with Gasteiger partial charge >= 0.3 is 0 Å². The quantitative estimate of drug-likeness (QED) is 0.674. The lowest BCUT2D eigenvalue weighted by Gasteiger charge is -2.16. The van der Waals surface area contributed by atoms with Crippen molar-refractivity contribution in [2.45, 2.75) is 19.3 Å². The molecular weight excluding hydrogens is 358 g/mol. The summed E-state index contributed by atoms with van der Waals surface area (Å²) in [7, 11) is 3.14. The number of aromatic nitrogens is 2. The number of nitrogens with zero attached hydrogens (tertiary/aromatic N) is 3. The Balaban J connectivity index is 1.59. The van der Waals surface area contributed by atoms with Gasteiger partial charge < -0.3 is 18.9 Å². The number of methoxy groups -OCH3 is 2. The van der Waals surface area contributed by atoms with Crippen LogP contribution in [0, 0.1) is 6.92 Å². The number of rotatable bonds is 5.